The van der Waals surface area contributed by atoms with Crippen molar-refractivity contribution in [1.82, 2.24) is 24.6 Å². The molecule has 0 saturated carbocycles. The van der Waals surface area contributed by atoms with E-state index in [4.69, 9.17) is 0 Å². The predicted molar refractivity (Wildman–Crippen MR) is 121 cm³/mol. The van der Waals surface area contributed by atoms with E-state index in [1.807, 2.05) is 48.7 Å². The highest BCUT2D eigenvalue weighted by Crippen LogP contribution is 2.29. The Morgan fingerprint density at radius 2 is 1.94 bits per heavy atom. The first-order valence-electron chi connectivity index (χ1n) is 10.8. The maximum Gasteiger partial charge on any atom is 0.102 e. The zero-order valence-electron chi connectivity index (χ0n) is 17.8. The quantitative estimate of drug-likeness (QED) is 0.480. The highest BCUT2D eigenvalue weighted by Gasteiger charge is 2.22. The number of nitrogens with one attached hydrogen (secondary N) is 1. The molecule has 0 spiro atoms. The maximum absolute atomic E-state index is 10.7. The molecule has 1 saturated heterocycles. The number of hydrogen-bond donors (Lipinski definition) is 2. The van der Waals surface area contributed by atoms with Crippen LogP contribution in [-0.2, 0) is 24.4 Å². The van der Waals surface area contributed by atoms with Crippen molar-refractivity contribution in [2.45, 2.75) is 37.9 Å². The van der Waals surface area contributed by atoms with E-state index in [0.717, 1.165) is 49.3 Å². The molecule has 9 heteroatoms. The average Bonchev–Trinajstić information content (AvgIpc) is 3.27. The van der Waals surface area contributed by atoms with Crippen LogP contribution in [0, 0.1) is 0 Å². The number of benzene rings is 2. The molecule has 8 nitrogen and oxygen atoms in total. The van der Waals surface area contributed by atoms with E-state index in [0.29, 0.717) is 12.5 Å². The number of aliphatic hydroxyl groups excluding tert-OH is 1. The van der Waals surface area contributed by atoms with Crippen molar-refractivity contribution in [3.63, 3.8) is 0 Å². The van der Waals surface area contributed by atoms with Crippen molar-refractivity contribution in [2.24, 2.45) is 0 Å². The van der Waals surface area contributed by atoms with Crippen LogP contribution in [0.3, 0.4) is 0 Å². The van der Waals surface area contributed by atoms with E-state index < -0.39 is 11.3 Å². The van der Waals surface area contributed by atoms with Gasteiger partial charge in [-0.05, 0) is 48.5 Å². The Kier molecular flexibility index (Phi) is 7.77. The molecule has 32 heavy (non-hydrogen) atoms. The second kappa shape index (κ2) is 10.9. The van der Waals surface area contributed by atoms with Crippen molar-refractivity contribution >= 4 is 11.3 Å². The molecule has 2 heterocycles. The number of rotatable bonds is 9. The first kappa shape index (κ1) is 22.8. The van der Waals surface area contributed by atoms with Gasteiger partial charge in [-0.3, -0.25) is 9.11 Å². The fourth-order valence-electron chi connectivity index (χ4n) is 4.31. The second-order valence-corrected chi connectivity index (χ2v) is 8.91. The van der Waals surface area contributed by atoms with Crippen LogP contribution >= 0.6 is 0 Å². The summed E-state index contributed by atoms with van der Waals surface area (Å²) in [7, 11) is 0. The molecule has 0 amide bonds. The largest absolute Gasteiger partial charge is 0.760 e. The summed E-state index contributed by atoms with van der Waals surface area (Å²) in [4.78, 5) is 2.38. The number of aromatic nitrogens is 3. The van der Waals surface area contributed by atoms with Gasteiger partial charge in [0.2, 0.25) is 0 Å². The summed E-state index contributed by atoms with van der Waals surface area (Å²) in [5.41, 5.74) is 4.14. The summed E-state index contributed by atoms with van der Waals surface area (Å²) in [6, 6.07) is 17.8. The summed E-state index contributed by atoms with van der Waals surface area (Å²) < 4.78 is 25.6. The minimum atomic E-state index is -2.25. The Bertz CT molecular complexity index is 1020. The molecule has 0 aliphatic carbocycles. The molecule has 1 aliphatic heterocycles. The Hall–Kier alpha value is -2.43. The van der Waals surface area contributed by atoms with Gasteiger partial charge in [-0.15, -0.1) is 5.10 Å². The molecular formula is C23H28N5O3S-. The second-order valence-electron chi connectivity index (χ2n) is 8.15. The third-order valence-electron chi connectivity index (χ3n) is 6.02. The van der Waals surface area contributed by atoms with Gasteiger partial charge in [-0.25, -0.2) is 9.40 Å². The van der Waals surface area contributed by atoms with Gasteiger partial charge in [0, 0.05) is 24.4 Å². The Morgan fingerprint density at radius 1 is 1.16 bits per heavy atom. The van der Waals surface area contributed by atoms with Crippen LogP contribution in [0.2, 0.25) is 0 Å². The number of piperidine rings is 1. The van der Waals surface area contributed by atoms with Crippen LogP contribution in [0.5, 0.6) is 0 Å². The highest BCUT2D eigenvalue weighted by atomic mass is 32.2. The number of likely N-dealkylation sites (tertiary alicyclic amines) is 1. The zero-order valence-corrected chi connectivity index (χ0v) is 18.7. The van der Waals surface area contributed by atoms with Crippen LogP contribution in [-0.4, -0.2) is 53.5 Å². The highest BCUT2D eigenvalue weighted by molar-refractivity contribution is 7.77. The van der Waals surface area contributed by atoms with Gasteiger partial charge in [-0.1, -0.05) is 59.8 Å². The molecule has 1 aliphatic rings. The lowest BCUT2D eigenvalue weighted by molar-refractivity contribution is 0.202. The standard InChI is InChI=1S/C23H29N5O3S/c29-17-23(20-6-2-1-3-7-20)28-16-22(25-26-28)15-27-11-9-19(10-12-27)21-8-4-5-18(13-21)14-24-32(30)31/h1-8,13,16,19,23-24,29H,9-12,14-15,17H2,(H,30,31)/p-1. The van der Waals surface area contributed by atoms with Crippen LogP contribution < -0.4 is 4.72 Å². The van der Waals surface area contributed by atoms with E-state index in [1.54, 1.807) is 4.68 Å². The summed E-state index contributed by atoms with van der Waals surface area (Å²) in [6.07, 6.45) is 4.01. The van der Waals surface area contributed by atoms with Crippen molar-refractivity contribution < 1.29 is 13.9 Å². The van der Waals surface area contributed by atoms with Crippen LogP contribution in [0.1, 0.15) is 47.2 Å². The van der Waals surface area contributed by atoms with E-state index >= 15 is 0 Å². The molecule has 1 aromatic heterocycles. The average molecular weight is 455 g/mol. The molecular weight excluding hydrogens is 426 g/mol. The molecule has 0 radical (unpaired) electrons. The molecule has 1 fully saturated rings. The Labute approximate surface area is 190 Å². The number of aliphatic hydroxyl groups is 1. The van der Waals surface area contributed by atoms with Gasteiger partial charge >= 0.3 is 0 Å². The van der Waals surface area contributed by atoms with Crippen molar-refractivity contribution in [3.8, 4) is 0 Å². The number of hydrogen-bond acceptors (Lipinski definition) is 6. The predicted octanol–water partition coefficient (Wildman–Crippen LogP) is 2.12. The summed E-state index contributed by atoms with van der Waals surface area (Å²) in [5, 5.41) is 18.4. The lowest BCUT2D eigenvalue weighted by atomic mass is 9.88. The minimum absolute atomic E-state index is 0.0302. The maximum atomic E-state index is 10.7. The van der Waals surface area contributed by atoms with Gasteiger partial charge in [0.05, 0.1) is 18.5 Å². The first-order chi connectivity index (χ1) is 15.6. The number of nitrogens with zero attached hydrogens (tertiary/aromatic N) is 4. The van der Waals surface area contributed by atoms with E-state index in [2.05, 4.69) is 32.1 Å². The van der Waals surface area contributed by atoms with Crippen LogP contribution in [0.4, 0.5) is 0 Å². The Morgan fingerprint density at radius 3 is 2.66 bits per heavy atom. The van der Waals surface area contributed by atoms with Gasteiger partial charge < -0.3 is 9.66 Å². The van der Waals surface area contributed by atoms with E-state index in [-0.39, 0.29) is 12.6 Å². The van der Waals surface area contributed by atoms with Gasteiger partial charge in [0.15, 0.2) is 0 Å². The summed E-state index contributed by atoms with van der Waals surface area (Å²) in [6.45, 7) is 2.95. The third-order valence-corrected chi connectivity index (χ3v) is 6.40. The Balaban J connectivity index is 1.32. The molecule has 2 aromatic carbocycles. The van der Waals surface area contributed by atoms with Crippen LogP contribution in [0.25, 0.3) is 0 Å². The molecule has 2 atom stereocenters. The van der Waals surface area contributed by atoms with Gasteiger partial charge in [0.25, 0.3) is 0 Å². The molecule has 0 bridgehead atoms. The smallest absolute Gasteiger partial charge is 0.102 e. The van der Waals surface area contributed by atoms with Crippen molar-refractivity contribution in [1.29, 1.82) is 0 Å². The lowest BCUT2D eigenvalue weighted by Crippen LogP contribution is -2.32. The minimum Gasteiger partial charge on any atom is -0.760 e. The van der Waals surface area contributed by atoms with E-state index in [1.165, 1.54) is 5.56 Å². The fourth-order valence-corrected chi connectivity index (χ4v) is 4.59. The molecule has 4 rings (SSSR count). The topological polar surface area (TPSA) is 106 Å². The zero-order chi connectivity index (χ0) is 22.3. The van der Waals surface area contributed by atoms with Crippen molar-refractivity contribution in [2.75, 3.05) is 19.7 Å². The fraction of sp³-hybridized carbons (Fsp3) is 0.391. The third kappa shape index (κ3) is 5.87. The monoisotopic (exact) mass is 454 g/mol. The van der Waals surface area contributed by atoms with E-state index in [9.17, 15) is 13.9 Å². The first-order valence-corrected chi connectivity index (χ1v) is 11.9. The summed E-state index contributed by atoms with van der Waals surface area (Å²) >= 11 is -2.25. The SMILES string of the molecule is O=S([O-])NCc1cccc(C2CCN(Cc3cn(C(CO)c4ccccc4)nn3)CC2)c1. The van der Waals surface area contributed by atoms with Gasteiger partial charge in [-0.2, -0.15) is 0 Å². The normalized spacial score (nSPS) is 17.3. The summed E-state index contributed by atoms with van der Waals surface area (Å²) in [5.74, 6) is 0.469. The molecule has 2 unspecified atom stereocenters. The van der Waals surface area contributed by atoms with Crippen LogP contribution in [0.15, 0.2) is 60.8 Å². The lowest BCUT2D eigenvalue weighted by Gasteiger charge is -2.31. The molecule has 3 aromatic rings. The van der Waals surface area contributed by atoms with Gasteiger partial charge in [0.1, 0.15) is 6.04 Å². The molecule has 2 N–H and O–H groups in total. The molecule has 170 valence electrons. The van der Waals surface area contributed by atoms with Crippen molar-refractivity contribution in [3.05, 3.63) is 83.2 Å².